The molecule has 116 valence electrons. The van der Waals surface area contributed by atoms with Gasteiger partial charge in [0.1, 0.15) is 0 Å². The van der Waals surface area contributed by atoms with E-state index in [1.54, 1.807) is 6.07 Å². The molecule has 0 aliphatic rings. The van der Waals surface area contributed by atoms with Crippen molar-refractivity contribution in [3.8, 4) is 0 Å². The first-order valence-electron chi connectivity index (χ1n) is 6.75. The van der Waals surface area contributed by atoms with Crippen molar-refractivity contribution >= 4 is 29.1 Å². The second-order valence-corrected chi connectivity index (χ2v) is 5.12. The zero-order chi connectivity index (χ0) is 15.8. The zero-order valence-electron chi connectivity index (χ0n) is 12.1. The van der Waals surface area contributed by atoms with Gasteiger partial charge in [0.2, 0.25) is 11.8 Å². The van der Waals surface area contributed by atoms with Crippen molar-refractivity contribution in [2.45, 2.75) is 19.9 Å². The lowest BCUT2D eigenvalue weighted by molar-refractivity contribution is -0.117. The Hall–Kier alpha value is -1.79. The van der Waals surface area contributed by atoms with Crippen LogP contribution >= 0.6 is 11.6 Å². The number of carbonyl (C=O) groups is 2. The van der Waals surface area contributed by atoms with E-state index < -0.39 is 11.8 Å². The topological polar surface area (TPSA) is 101 Å². The van der Waals surface area contributed by atoms with Gasteiger partial charge in [-0.15, -0.1) is 0 Å². The molecule has 0 saturated carbocycles. The second-order valence-electron chi connectivity index (χ2n) is 4.71. The van der Waals surface area contributed by atoms with Gasteiger partial charge >= 0.3 is 0 Å². The van der Waals surface area contributed by atoms with Crippen molar-refractivity contribution in [2.75, 3.05) is 24.5 Å². The number of halogens is 1. The lowest BCUT2D eigenvalue weighted by Crippen LogP contribution is -2.40. The molecule has 0 heterocycles. The van der Waals surface area contributed by atoms with E-state index in [9.17, 15) is 9.59 Å². The molecule has 6 nitrogen and oxygen atoms in total. The van der Waals surface area contributed by atoms with Gasteiger partial charge in [-0.05, 0) is 24.6 Å². The average molecular weight is 313 g/mol. The van der Waals surface area contributed by atoms with Crippen LogP contribution in [-0.2, 0) is 16.1 Å². The highest BCUT2D eigenvalue weighted by molar-refractivity contribution is 6.33. The Morgan fingerprint density at radius 2 is 1.86 bits per heavy atom. The third-order valence-electron chi connectivity index (χ3n) is 2.82. The van der Waals surface area contributed by atoms with Crippen LogP contribution in [0.3, 0.4) is 0 Å². The molecule has 0 aliphatic heterocycles. The molecule has 0 aromatic heterocycles. The first-order valence-corrected chi connectivity index (χ1v) is 7.13. The van der Waals surface area contributed by atoms with E-state index in [1.165, 1.54) is 4.90 Å². The van der Waals surface area contributed by atoms with Crippen LogP contribution in [0, 0.1) is 0 Å². The van der Waals surface area contributed by atoms with Crippen LogP contribution in [0.5, 0.6) is 0 Å². The monoisotopic (exact) mass is 312 g/mol. The molecule has 0 atom stereocenters. The predicted molar refractivity (Wildman–Crippen MR) is 84.1 cm³/mol. The molecule has 0 spiro atoms. The molecule has 0 fully saturated rings. The summed E-state index contributed by atoms with van der Waals surface area (Å²) in [4.78, 5) is 23.9. The number of carbonyl (C=O) groups excluding carboxylic acids is 2. The number of primary amides is 2. The highest BCUT2D eigenvalue weighted by atomic mass is 35.5. The normalized spacial score (nSPS) is 10.4. The van der Waals surface area contributed by atoms with Gasteiger partial charge in [0, 0.05) is 6.54 Å². The van der Waals surface area contributed by atoms with Crippen LogP contribution in [0.15, 0.2) is 18.2 Å². The summed E-state index contributed by atoms with van der Waals surface area (Å²) < 4.78 is 0. The fourth-order valence-corrected chi connectivity index (χ4v) is 2.36. The Balaban J connectivity index is 3.08. The number of hydrogen-bond donors (Lipinski definition) is 3. The van der Waals surface area contributed by atoms with Crippen molar-refractivity contribution in [3.63, 3.8) is 0 Å². The molecular weight excluding hydrogens is 292 g/mol. The molecule has 1 rings (SSSR count). The molecule has 5 N–H and O–H groups in total. The highest BCUT2D eigenvalue weighted by Crippen LogP contribution is 2.29. The minimum Gasteiger partial charge on any atom is -0.368 e. The minimum absolute atomic E-state index is 0.118. The van der Waals surface area contributed by atoms with Crippen LogP contribution in [0.2, 0.25) is 5.02 Å². The number of rotatable bonds is 9. The minimum atomic E-state index is -0.552. The van der Waals surface area contributed by atoms with Gasteiger partial charge in [0.25, 0.3) is 0 Å². The summed E-state index contributed by atoms with van der Waals surface area (Å²) in [5, 5.41) is 3.71. The smallest absolute Gasteiger partial charge is 0.236 e. The summed E-state index contributed by atoms with van der Waals surface area (Å²) in [5.74, 6) is -1.10. The first kappa shape index (κ1) is 17.3. The largest absolute Gasteiger partial charge is 0.368 e. The van der Waals surface area contributed by atoms with Gasteiger partial charge in [-0.3, -0.25) is 9.59 Å². The molecule has 0 bridgehead atoms. The standard InChI is InChI=1S/C14H21ClN4O2/c1-2-6-18-7-10-4-3-5-11(15)14(10)19(8-12(16)20)9-13(17)21/h3-5,18H,2,6-9H2,1H3,(H2,16,20)(H2,17,21). The highest BCUT2D eigenvalue weighted by Gasteiger charge is 2.18. The maximum absolute atomic E-state index is 11.2. The first-order chi connectivity index (χ1) is 9.95. The van der Waals surface area contributed by atoms with Crippen molar-refractivity contribution in [1.29, 1.82) is 0 Å². The average Bonchev–Trinajstić information content (AvgIpc) is 2.37. The van der Waals surface area contributed by atoms with E-state index in [-0.39, 0.29) is 13.1 Å². The summed E-state index contributed by atoms with van der Waals surface area (Å²) in [7, 11) is 0. The Kier molecular flexibility index (Phi) is 6.98. The predicted octanol–water partition coefficient (Wildman–Crippen LogP) is 0.617. The van der Waals surface area contributed by atoms with E-state index in [4.69, 9.17) is 23.1 Å². The lowest BCUT2D eigenvalue weighted by Gasteiger charge is -2.25. The fraction of sp³-hybridized carbons (Fsp3) is 0.429. The van der Waals surface area contributed by atoms with Gasteiger partial charge in [-0.2, -0.15) is 0 Å². The quantitative estimate of drug-likeness (QED) is 0.582. The van der Waals surface area contributed by atoms with Crippen molar-refractivity contribution < 1.29 is 9.59 Å². The summed E-state index contributed by atoms with van der Waals surface area (Å²) in [6, 6.07) is 5.41. The molecule has 0 unspecified atom stereocenters. The van der Waals surface area contributed by atoms with Gasteiger partial charge in [-0.25, -0.2) is 0 Å². The van der Waals surface area contributed by atoms with Crippen LogP contribution < -0.4 is 21.7 Å². The summed E-state index contributed by atoms with van der Waals surface area (Å²) in [6.07, 6.45) is 1.00. The number of hydrogen-bond acceptors (Lipinski definition) is 4. The molecule has 7 heteroatoms. The van der Waals surface area contributed by atoms with Crippen LogP contribution in [0.25, 0.3) is 0 Å². The van der Waals surface area contributed by atoms with Gasteiger partial charge in [0.15, 0.2) is 0 Å². The van der Waals surface area contributed by atoms with E-state index in [0.29, 0.717) is 17.3 Å². The second kappa shape index (κ2) is 8.49. The van der Waals surface area contributed by atoms with E-state index >= 15 is 0 Å². The molecule has 1 aromatic rings. The van der Waals surface area contributed by atoms with Crippen LogP contribution in [-0.4, -0.2) is 31.4 Å². The van der Waals surface area contributed by atoms with Gasteiger partial charge in [-0.1, -0.05) is 30.7 Å². The third-order valence-corrected chi connectivity index (χ3v) is 3.13. The van der Waals surface area contributed by atoms with Crippen molar-refractivity contribution in [2.24, 2.45) is 11.5 Å². The number of para-hydroxylation sites is 1. The third kappa shape index (κ3) is 5.61. The summed E-state index contributed by atoms with van der Waals surface area (Å²) in [5.41, 5.74) is 12.0. The van der Waals surface area contributed by atoms with Gasteiger partial charge < -0.3 is 21.7 Å². The SMILES string of the molecule is CCCNCc1cccc(Cl)c1N(CC(N)=O)CC(N)=O. The Morgan fingerprint density at radius 3 is 2.38 bits per heavy atom. The molecule has 1 aromatic carbocycles. The molecular formula is C14H21ClN4O2. The summed E-state index contributed by atoms with van der Waals surface area (Å²) in [6.45, 7) is 3.27. The van der Waals surface area contributed by atoms with Crippen molar-refractivity contribution in [3.05, 3.63) is 28.8 Å². The van der Waals surface area contributed by atoms with Crippen molar-refractivity contribution in [1.82, 2.24) is 5.32 Å². The number of nitrogens with two attached hydrogens (primary N) is 2. The summed E-state index contributed by atoms with van der Waals surface area (Å²) >= 11 is 6.23. The number of amides is 2. The molecule has 0 aliphatic carbocycles. The fourth-order valence-electron chi connectivity index (χ4n) is 2.05. The Bertz CT molecular complexity index is 492. The van der Waals surface area contributed by atoms with Crippen LogP contribution in [0.4, 0.5) is 5.69 Å². The number of nitrogens with zero attached hydrogens (tertiary/aromatic N) is 1. The number of anilines is 1. The van der Waals surface area contributed by atoms with Crippen LogP contribution in [0.1, 0.15) is 18.9 Å². The number of benzene rings is 1. The maximum atomic E-state index is 11.2. The Morgan fingerprint density at radius 1 is 1.24 bits per heavy atom. The maximum Gasteiger partial charge on any atom is 0.236 e. The van der Waals surface area contributed by atoms with E-state index in [1.807, 2.05) is 12.1 Å². The molecule has 0 saturated heterocycles. The van der Waals surface area contributed by atoms with E-state index in [0.717, 1.165) is 18.5 Å². The molecule has 21 heavy (non-hydrogen) atoms. The molecule has 2 amide bonds. The van der Waals surface area contributed by atoms with E-state index in [2.05, 4.69) is 12.2 Å². The Labute approximate surface area is 129 Å². The lowest BCUT2D eigenvalue weighted by atomic mass is 10.1. The zero-order valence-corrected chi connectivity index (χ0v) is 12.8. The van der Waals surface area contributed by atoms with Gasteiger partial charge in [0.05, 0.1) is 23.8 Å². The molecule has 0 radical (unpaired) electrons. The number of nitrogens with one attached hydrogen (secondary N) is 1.